The van der Waals surface area contributed by atoms with Gasteiger partial charge in [0.05, 0.1) is 5.56 Å². The van der Waals surface area contributed by atoms with Crippen LogP contribution in [-0.4, -0.2) is 7.05 Å². The summed E-state index contributed by atoms with van der Waals surface area (Å²) in [6, 6.07) is 12.4. The maximum absolute atomic E-state index is 12.4. The Balaban J connectivity index is 2.15. The number of nitrogens with one attached hydrogen (secondary N) is 2. The van der Waals surface area contributed by atoms with Crippen LogP contribution in [0.2, 0.25) is 0 Å². The Morgan fingerprint density at radius 1 is 0.842 bits per heavy atom. The van der Waals surface area contributed by atoms with Gasteiger partial charge in [0.15, 0.2) is 0 Å². The molecule has 2 rings (SSSR count). The van der Waals surface area contributed by atoms with Crippen LogP contribution >= 0.6 is 0 Å². The Labute approximate surface area is 109 Å². The summed E-state index contributed by atoms with van der Waals surface area (Å²) in [4.78, 5) is 0. The van der Waals surface area contributed by atoms with Gasteiger partial charge in [-0.25, -0.2) is 0 Å². The minimum Gasteiger partial charge on any atom is -0.388 e. The summed E-state index contributed by atoms with van der Waals surface area (Å²) in [6.07, 6.45) is -4.30. The molecule has 0 amide bonds. The first-order valence-electron chi connectivity index (χ1n) is 5.71. The fourth-order valence-corrected chi connectivity index (χ4v) is 1.66. The van der Waals surface area contributed by atoms with E-state index in [1.807, 2.05) is 24.3 Å². The van der Waals surface area contributed by atoms with Gasteiger partial charge >= 0.3 is 6.18 Å². The summed E-state index contributed by atoms with van der Waals surface area (Å²) in [7, 11) is 1.80. The predicted octanol–water partition coefficient (Wildman–Crippen LogP) is 4.49. The molecule has 0 atom stereocenters. The third-order valence-electron chi connectivity index (χ3n) is 2.65. The summed E-state index contributed by atoms with van der Waals surface area (Å²) < 4.78 is 37.2. The van der Waals surface area contributed by atoms with Gasteiger partial charge in [0.25, 0.3) is 0 Å². The van der Waals surface area contributed by atoms with Crippen molar-refractivity contribution in [1.29, 1.82) is 0 Å². The van der Waals surface area contributed by atoms with Crippen molar-refractivity contribution in [3.63, 3.8) is 0 Å². The molecule has 0 aliphatic carbocycles. The third kappa shape index (κ3) is 3.40. The summed E-state index contributed by atoms with van der Waals surface area (Å²) in [5.74, 6) is 0. The standard InChI is InChI=1S/C14H13F3N2/c1-18-12-3-2-4-13(9-12)19-11-7-5-10(6-8-11)14(15,16)17/h2-9,18-19H,1H3. The molecule has 0 saturated heterocycles. The minimum absolute atomic E-state index is 0.612. The zero-order chi connectivity index (χ0) is 13.9. The van der Waals surface area contributed by atoms with Crippen LogP contribution in [0.4, 0.5) is 30.2 Å². The molecular formula is C14H13F3N2. The predicted molar refractivity (Wildman–Crippen MR) is 70.7 cm³/mol. The van der Waals surface area contributed by atoms with Crippen molar-refractivity contribution >= 4 is 17.1 Å². The van der Waals surface area contributed by atoms with Gasteiger partial charge < -0.3 is 10.6 Å². The molecule has 0 bridgehead atoms. The van der Waals surface area contributed by atoms with Crippen LogP contribution in [0.15, 0.2) is 48.5 Å². The van der Waals surface area contributed by atoms with Gasteiger partial charge in [0.2, 0.25) is 0 Å². The zero-order valence-electron chi connectivity index (χ0n) is 10.3. The van der Waals surface area contributed by atoms with Crippen LogP contribution in [0, 0.1) is 0 Å². The molecule has 100 valence electrons. The lowest BCUT2D eigenvalue weighted by molar-refractivity contribution is -0.137. The van der Waals surface area contributed by atoms with Crippen LogP contribution in [-0.2, 0) is 6.18 Å². The number of rotatable bonds is 3. The molecule has 0 unspecified atom stereocenters. The first-order chi connectivity index (χ1) is 8.99. The number of halogens is 3. The molecule has 0 aromatic heterocycles. The average molecular weight is 266 g/mol. The molecule has 0 heterocycles. The number of anilines is 3. The molecule has 2 nitrogen and oxygen atoms in total. The number of alkyl halides is 3. The Hall–Kier alpha value is -2.17. The maximum atomic E-state index is 12.4. The van der Waals surface area contributed by atoms with Crippen molar-refractivity contribution in [3.8, 4) is 0 Å². The van der Waals surface area contributed by atoms with E-state index < -0.39 is 11.7 Å². The van der Waals surface area contributed by atoms with E-state index in [0.29, 0.717) is 5.69 Å². The number of hydrogen-bond acceptors (Lipinski definition) is 2. The first-order valence-corrected chi connectivity index (χ1v) is 5.71. The van der Waals surface area contributed by atoms with Crippen molar-refractivity contribution in [2.24, 2.45) is 0 Å². The largest absolute Gasteiger partial charge is 0.416 e. The minimum atomic E-state index is -4.30. The van der Waals surface area contributed by atoms with Crippen LogP contribution in [0.25, 0.3) is 0 Å². The Bertz CT molecular complexity index is 547. The van der Waals surface area contributed by atoms with E-state index in [4.69, 9.17) is 0 Å². The Kier molecular flexibility index (Phi) is 3.64. The van der Waals surface area contributed by atoms with Crippen molar-refractivity contribution in [2.75, 3.05) is 17.7 Å². The van der Waals surface area contributed by atoms with Crippen LogP contribution in [0.3, 0.4) is 0 Å². The molecule has 2 aromatic rings. The van der Waals surface area contributed by atoms with Crippen LogP contribution < -0.4 is 10.6 Å². The van der Waals surface area contributed by atoms with E-state index in [-0.39, 0.29) is 0 Å². The van der Waals surface area contributed by atoms with Crippen molar-refractivity contribution in [2.45, 2.75) is 6.18 Å². The van der Waals surface area contributed by atoms with Gasteiger partial charge in [-0.15, -0.1) is 0 Å². The van der Waals surface area contributed by atoms with Crippen LogP contribution in [0.1, 0.15) is 5.56 Å². The highest BCUT2D eigenvalue weighted by atomic mass is 19.4. The molecule has 19 heavy (non-hydrogen) atoms. The maximum Gasteiger partial charge on any atom is 0.416 e. The monoisotopic (exact) mass is 266 g/mol. The van der Waals surface area contributed by atoms with Crippen molar-refractivity contribution in [1.82, 2.24) is 0 Å². The molecule has 0 aliphatic heterocycles. The molecule has 0 fully saturated rings. The fourth-order valence-electron chi connectivity index (χ4n) is 1.66. The summed E-state index contributed by atoms with van der Waals surface area (Å²) in [5, 5.41) is 6.04. The second kappa shape index (κ2) is 5.22. The van der Waals surface area contributed by atoms with Crippen molar-refractivity contribution < 1.29 is 13.2 Å². The lowest BCUT2D eigenvalue weighted by Gasteiger charge is -2.10. The van der Waals surface area contributed by atoms with Gasteiger partial charge in [-0.2, -0.15) is 13.2 Å². The SMILES string of the molecule is CNc1cccc(Nc2ccc(C(F)(F)F)cc2)c1. The molecule has 0 spiro atoms. The van der Waals surface area contributed by atoms with E-state index in [9.17, 15) is 13.2 Å². The van der Waals surface area contributed by atoms with Crippen molar-refractivity contribution in [3.05, 3.63) is 54.1 Å². The highest BCUT2D eigenvalue weighted by Crippen LogP contribution is 2.30. The highest BCUT2D eigenvalue weighted by Gasteiger charge is 2.29. The number of hydrogen-bond donors (Lipinski definition) is 2. The molecule has 5 heteroatoms. The topological polar surface area (TPSA) is 24.1 Å². The second-order valence-electron chi connectivity index (χ2n) is 4.03. The lowest BCUT2D eigenvalue weighted by atomic mass is 10.2. The summed E-state index contributed by atoms with van der Waals surface area (Å²) in [5.41, 5.74) is 1.70. The van der Waals surface area contributed by atoms with Gasteiger partial charge in [-0.05, 0) is 42.5 Å². The van der Waals surface area contributed by atoms with Gasteiger partial charge in [0.1, 0.15) is 0 Å². The normalized spacial score (nSPS) is 11.2. The molecule has 2 aromatic carbocycles. The summed E-state index contributed by atoms with van der Waals surface area (Å²) >= 11 is 0. The Morgan fingerprint density at radius 2 is 1.47 bits per heavy atom. The molecule has 2 N–H and O–H groups in total. The van der Waals surface area contributed by atoms with E-state index in [0.717, 1.165) is 23.5 Å². The zero-order valence-corrected chi connectivity index (χ0v) is 10.3. The second-order valence-corrected chi connectivity index (χ2v) is 4.03. The molecular weight excluding hydrogens is 253 g/mol. The van der Waals surface area contributed by atoms with Crippen LogP contribution in [0.5, 0.6) is 0 Å². The highest BCUT2D eigenvalue weighted by molar-refractivity contribution is 5.64. The first kappa shape index (κ1) is 13.3. The number of benzene rings is 2. The van der Waals surface area contributed by atoms with E-state index in [1.165, 1.54) is 12.1 Å². The van der Waals surface area contributed by atoms with E-state index in [1.54, 1.807) is 7.05 Å². The van der Waals surface area contributed by atoms with E-state index in [2.05, 4.69) is 10.6 Å². The van der Waals surface area contributed by atoms with Gasteiger partial charge in [-0.3, -0.25) is 0 Å². The smallest absolute Gasteiger partial charge is 0.388 e. The Morgan fingerprint density at radius 3 is 2.05 bits per heavy atom. The quantitative estimate of drug-likeness (QED) is 0.855. The lowest BCUT2D eigenvalue weighted by Crippen LogP contribution is -2.04. The third-order valence-corrected chi connectivity index (χ3v) is 2.65. The summed E-state index contributed by atoms with van der Waals surface area (Å²) in [6.45, 7) is 0. The molecule has 0 aliphatic rings. The van der Waals surface area contributed by atoms with E-state index >= 15 is 0 Å². The van der Waals surface area contributed by atoms with Gasteiger partial charge in [0, 0.05) is 24.1 Å². The fraction of sp³-hybridized carbons (Fsp3) is 0.143. The molecule has 0 saturated carbocycles. The molecule has 0 radical (unpaired) electrons. The average Bonchev–Trinajstić information content (AvgIpc) is 2.38. The van der Waals surface area contributed by atoms with Gasteiger partial charge in [-0.1, -0.05) is 6.07 Å².